The molecule has 0 aromatic heterocycles. The third-order valence-electron chi connectivity index (χ3n) is 2.72. The summed E-state index contributed by atoms with van der Waals surface area (Å²) in [6, 6.07) is 0. The highest BCUT2D eigenvalue weighted by molar-refractivity contribution is 8.54. The van der Waals surface area contributed by atoms with E-state index in [0.29, 0.717) is 20.6 Å². The van der Waals surface area contributed by atoms with Gasteiger partial charge in [-0.05, 0) is 20.6 Å². The van der Waals surface area contributed by atoms with Gasteiger partial charge in [0.25, 0.3) is 0 Å². The number of rotatable bonds is 2. The highest BCUT2D eigenvalue weighted by Crippen LogP contribution is 2.88. The summed E-state index contributed by atoms with van der Waals surface area (Å²) in [7, 11) is 1.73. The molecule has 0 fully saturated rings. The van der Waals surface area contributed by atoms with Crippen molar-refractivity contribution in [3.63, 3.8) is 0 Å². The zero-order valence-electron chi connectivity index (χ0n) is 15.3. The molecule has 0 saturated carbocycles. The minimum atomic E-state index is -0.00965. The largest absolute Gasteiger partial charge is 0.473 e. The van der Waals surface area contributed by atoms with Crippen LogP contribution in [0.4, 0.5) is 0 Å². The molecule has 116 valence electrons. The van der Waals surface area contributed by atoms with Gasteiger partial charge in [0.2, 0.25) is 0 Å². The van der Waals surface area contributed by atoms with Gasteiger partial charge >= 0.3 is 0 Å². The van der Waals surface area contributed by atoms with E-state index in [-0.39, 0.29) is 15.2 Å². The summed E-state index contributed by atoms with van der Waals surface area (Å²) in [5, 5.41) is 1.75. The van der Waals surface area contributed by atoms with Crippen molar-refractivity contribution in [3.05, 3.63) is 0 Å². The van der Waals surface area contributed by atoms with Crippen molar-refractivity contribution in [1.82, 2.24) is 0 Å². The van der Waals surface area contributed by atoms with Gasteiger partial charge in [0, 0.05) is 0 Å². The molecule has 0 aliphatic heterocycles. The lowest BCUT2D eigenvalue weighted by Crippen LogP contribution is -2.26. The van der Waals surface area contributed by atoms with Crippen molar-refractivity contribution in [2.24, 2.45) is 0 Å². The van der Waals surface area contributed by atoms with Crippen LogP contribution in [0.1, 0.15) is 83.1 Å². The van der Waals surface area contributed by atoms with Crippen LogP contribution in [-0.2, 0) is 0 Å². The second-order valence-corrected chi connectivity index (χ2v) is 20.7. The van der Waals surface area contributed by atoms with Crippen LogP contribution in [0.5, 0.6) is 0 Å². The highest BCUT2D eigenvalue weighted by Gasteiger charge is 2.32. The molecule has 0 rings (SSSR count). The van der Waals surface area contributed by atoms with Gasteiger partial charge in [-0.1, -0.05) is 83.1 Å². The predicted octanol–water partition coefficient (Wildman–Crippen LogP) is 7.92. The molecule has 3 heteroatoms. The smallest absolute Gasteiger partial charge is 0.0442 e. The van der Waals surface area contributed by atoms with Gasteiger partial charge < -0.3 is 7.96 Å². The van der Waals surface area contributed by atoms with E-state index in [9.17, 15) is 0 Å². The summed E-state index contributed by atoms with van der Waals surface area (Å²) in [5.74, 6) is 0. The third-order valence-corrected chi connectivity index (χ3v) is 19.7. The van der Waals surface area contributed by atoms with Gasteiger partial charge in [-0.15, -0.1) is 0 Å². The van der Waals surface area contributed by atoms with Crippen LogP contribution in [0, 0.1) is 0 Å². The van der Waals surface area contributed by atoms with Crippen molar-refractivity contribution in [1.29, 1.82) is 0 Å². The Balaban J connectivity index is 5.43. The Kier molecular flexibility index (Phi) is 6.61. The Morgan fingerprint density at radius 3 is 0.684 bits per heavy atom. The molecule has 0 atom stereocenters. The van der Waals surface area contributed by atoms with Crippen LogP contribution in [0.3, 0.4) is 0 Å². The lowest BCUT2D eigenvalue weighted by molar-refractivity contribution is 0.716. The van der Waals surface area contributed by atoms with E-state index >= 15 is 0 Å². The maximum absolute atomic E-state index is 2.44. The van der Waals surface area contributed by atoms with Crippen LogP contribution in [0.25, 0.3) is 0 Å². The maximum Gasteiger partial charge on any atom is -0.0442 e. The molecule has 0 unspecified atom stereocenters. The molecule has 0 aromatic carbocycles. The molecular formula is C16H36P3-. The molecule has 0 spiro atoms. The fraction of sp³-hybridized carbons (Fsp3) is 1.00. The second kappa shape index (κ2) is 6.19. The maximum atomic E-state index is 2.44. The van der Waals surface area contributed by atoms with Crippen LogP contribution in [0.15, 0.2) is 0 Å². The average Bonchev–Trinajstić information content (AvgIpc) is 1.91. The molecule has 0 amide bonds. The molecule has 0 aliphatic carbocycles. The monoisotopic (exact) mass is 321 g/mol. The average molecular weight is 321 g/mol. The molecule has 19 heavy (non-hydrogen) atoms. The topological polar surface area (TPSA) is 0 Å². The summed E-state index contributed by atoms with van der Waals surface area (Å²) in [6.45, 7) is 29.3. The van der Waals surface area contributed by atoms with E-state index in [1.165, 1.54) is 0 Å². The van der Waals surface area contributed by atoms with Crippen LogP contribution >= 0.6 is 23.2 Å². The Morgan fingerprint density at radius 1 is 0.421 bits per heavy atom. The fourth-order valence-corrected chi connectivity index (χ4v) is 22.9. The molecule has 0 radical (unpaired) electrons. The molecule has 0 heterocycles. The van der Waals surface area contributed by atoms with Crippen LogP contribution in [-0.4, -0.2) is 20.6 Å². The minimum absolute atomic E-state index is 0.00965. The summed E-state index contributed by atoms with van der Waals surface area (Å²) < 4.78 is 0. The third kappa shape index (κ3) is 6.72. The number of hydrogen-bond acceptors (Lipinski definition) is 0. The predicted molar refractivity (Wildman–Crippen MR) is 99.8 cm³/mol. The summed E-state index contributed by atoms with van der Waals surface area (Å²) in [4.78, 5) is 0. The first-order chi connectivity index (χ1) is 7.97. The van der Waals surface area contributed by atoms with Gasteiger partial charge in [-0.25, -0.2) is 0 Å². The van der Waals surface area contributed by atoms with Crippen LogP contribution in [0.2, 0.25) is 0 Å². The van der Waals surface area contributed by atoms with E-state index in [1.807, 2.05) is 0 Å². The normalized spacial score (nSPS) is 15.5. The van der Waals surface area contributed by atoms with E-state index in [2.05, 4.69) is 83.1 Å². The van der Waals surface area contributed by atoms with Crippen molar-refractivity contribution < 1.29 is 0 Å². The van der Waals surface area contributed by atoms with Gasteiger partial charge in [0.1, 0.15) is 0 Å². The van der Waals surface area contributed by atoms with E-state index in [1.54, 1.807) is 7.96 Å². The number of hydrogen-bond donors (Lipinski definition) is 0. The standard InChI is InChI=1S/C16H36P3/c1-13(2,3)18(14(4,5)6)17-19(15(7,8)9)16(10,11)12/h1-12H3/q-1. The minimum Gasteiger partial charge on any atom is -0.473 e. The molecule has 0 aromatic rings. The van der Waals surface area contributed by atoms with Crippen LogP contribution < -0.4 is 0 Å². The van der Waals surface area contributed by atoms with Crippen molar-refractivity contribution in [2.45, 2.75) is 104 Å². The van der Waals surface area contributed by atoms with Gasteiger partial charge in [-0.3, -0.25) is 15.2 Å². The Morgan fingerprint density at radius 2 is 0.579 bits per heavy atom. The van der Waals surface area contributed by atoms with Gasteiger partial charge in [-0.2, -0.15) is 0 Å². The lowest BCUT2D eigenvalue weighted by atomic mass is 10.2. The summed E-state index contributed by atoms with van der Waals surface area (Å²) >= 11 is 0. The van der Waals surface area contributed by atoms with Gasteiger partial charge in [0.05, 0.1) is 0 Å². The fourth-order valence-electron chi connectivity index (χ4n) is 2.64. The molecular weight excluding hydrogens is 285 g/mol. The van der Waals surface area contributed by atoms with Gasteiger partial charge in [0.15, 0.2) is 0 Å². The molecule has 0 bridgehead atoms. The Bertz CT molecular complexity index is 223. The van der Waals surface area contributed by atoms with Crippen molar-refractivity contribution in [2.75, 3.05) is 0 Å². The highest BCUT2D eigenvalue weighted by atomic mass is 32.4. The zero-order chi connectivity index (χ0) is 15.9. The lowest BCUT2D eigenvalue weighted by Gasteiger charge is -2.61. The second-order valence-electron chi connectivity index (χ2n) is 9.40. The Hall–Kier alpha value is 1.29. The molecule has 0 N–H and O–H groups in total. The van der Waals surface area contributed by atoms with E-state index in [0.717, 1.165) is 0 Å². The first-order valence-electron chi connectivity index (χ1n) is 7.29. The SMILES string of the molecule is CC(C)(C)P([P-]P(C(C)(C)C)C(C)(C)C)C(C)(C)C. The molecule has 0 aliphatic rings. The molecule has 0 nitrogen and oxygen atoms in total. The summed E-state index contributed by atoms with van der Waals surface area (Å²) in [5.41, 5.74) is 0. The van der Waals surface area contributed by atoms with E-state index < -0.39 is 0 Å². The Labute approximate surface area is 127 Å². The molecule has 0 saturated heterocycles. The van der Waals surface area contributed by atoms with Crippen molar-refractivity contribution >= 4 is 23.2 Å². The first kappa shape index (κ1) is 20.3. The van der Waals surface area contributed by atoms with Crippen molar-refractivity contribution in [3.8, 4) is 0 Å². The summed E-state index contributed by atoms with van der Waals surface area (Å²) in [6.07, 6.45) is 0. The quantitative estimate of drug-likeness (QED) is 0.453. The van der Waals surface area contributed by atoms with E-state index in [4.69, 9.17) is 0 Å². The zero-order valence-corrected chi connectivity index (χ0v) is 18.0. The first-order valence-corrected chi connectivity index (χ1v) is 12.3.